The summed E-state index contributed by atoms with van der Waals surface area (Å²) < 4.78 is 6.41. The Morgan fingerprint density at radius 3 is 2.53 bits per heavy atom. The van der Waals surface area contributed by atoms with Gasteiger partial charge in [0.05, 0.1) is 22.6 Å². The lowest BCUT2D eigenvalue weighted by atomic mass is 9.72. The highest BCUT2D eigenvalue weighted by atomic mass is 35.5. The molecule has 2 aliphatic rings. The fourth-order valence-electron chi connectivity index (χ4n) is 4.65. The molecule has 0 radical (unpaired) electrons. The number of halogens is 1. The summed E-state index contributed by atoms with van der Waals surface area (Å²) in [7, 11) is 0. The van der Waals surface area contributed by atoms with Crippen LogP contribution in [0.5, 0.6) is 5.75 Å². The molecule has 1 aliphatic carbocycles. The quantitative estimate of drug-likeness (QED) is 0.641. The predicted molar refractivity (Wildman–Crippen MR) is 110 cm³/mol. The van der Waals surface area contributed by atoms with Crippen molar-refractivity contribution in [3.05, 3.63) is 106 Å². The first kappa shape index (κ1) is 18.6. The molecule has 5 rings (SSSR count). The average molecular weight is 415 g/mol. The maximum Gasteiger partial charge on any atom is 0.218 e. The normalized spacial score (nSPS) is 26.6. The van der Waals surface area contributed by atoms with Gasteiger partial charge in [0.15, 0.2) is 5.60 Å². The van der Waals surface area contributed by atoms with Crippen LogP contribution in [-0.2, 0) is 16.0 Å². The molecule has 3 atom stereocenters. The summed E-state index contributed by atoms with van der Waals surface area (Å²) in [5.41, 5.74) is -1.50. The fourth-order valence-corrected chi connectivity index (χ4v) is 4.80. The molecule has 0 spiro atoms. The predicted octanol–water partition coefficient (Wildman–Crippen LogP) is 4.00. The number of fused-ring (bicyclic) bond motifs is 3. The number of pyridine rings is 1. The Balaban J connectivity index is 1.85. The van der Waals surface area contributed by atoms with Crippen molar-refractivity contribution in [1.82, 2.24) is 4.98 Å². The number of hydrogen-bond donors (Lipinski definition) is 1. The number of ketones is 1. The van der Waals surface area contributed by atoms with Gasteiger partial charge >= 0.3 is 0 Å². The minimum Gasteiger partial charge on any atom is -0.475 e. The van der Waals surface area contributed by atoms with Crippen LogP contribution in [0.1, 0.15) is 28.3 Å². The largest absolute Gasteiger partial charge is 0.475 e. The van der Waals surface area contributed by atoms with Gasteiger partial charge in [-0.05, 0) is 17.7 Å². The molecule has 1 saturated carbocycles. The van der Waals surface area contributed by atoms with Gasteiger partial charge in [-0.25, -0.2) is 0 Å². The van der Waals surface area contributed by atoms with Gasteiger partial charge in [-0.2, -0.15) is 5.26 Å². The van der Waals surface area contributed by atoms with E-state index < -0.39 is 22.9 Å². The second-order valence-electron chi connectivity index (χ2n) is 7.44. The second kappa shape index (κ2) is 6.27. The number of nitrogens with zero attached hydrogens (tertiary/aromatic N) is 2. The topological polar surface area (TPSA) is 83.2 Å². The lowest BCUT2D eigenvalue weighted by Crippen LogP contribution is -2.51. The molecule has 6 heteroatoms. The standard InChI is InChI=1S/C24H15ClN2O3/c1-14-20(16-5-3-2-4-6-16)24(17-9-7-15(12-26)8-10-17)23(29,22(14)28)21-19(30-24)11-18(25)13-27-21/h2-11,13,20,29H,1H2/t20-,23-,24-/m0/s1. The van der Waals surface area contributed by atoms with Crippen molar-refractivity contribution in [1.29, 1.82) is 5.26 Å². The number of carbonyl (C=O) groups is 1. The molecule has 1 N–H and O–H groups in total. The number of aliphatic hydroxyl groups is 1. The third kappa shape index (κ3) is 2.15. The van der Waals surface area contributed by atoms with Crippen molar-refractivity contribution < 1.29 is 14.6 Å². The van der Waals surface area contributed by atoms with Crippen LogP contribution in [0.2, 0.25) is 5.02 Å². The van der Waals surface area contributed by atoms with Crippen LogP contribution < -0.4 is 4.74 Å². The number of nitriles is 1. The van der Waals surface area contributed by atoms with E-state index in [2.05, 4.69) is 17.6 Å². The number of ether oxygens (including phenoxy) is 1. The van der Waals surface area contributed by atoms with Crippen molar-refractivity contribution in [2.24, 2.45) is 0 Å². The molecule has 2 aromatic carbocycles. The Kier molecular flexibility index (Phi) is 3.88. The number of hydrogen-bond acceptors (Lipinski definition) is 5. The zero-order chi connectivity index (χ0) is 21.1. The average Bonchev–Trinajstić information content (AvgIpc) is 3.12. The van der Waals surface area contributed by atoms with Crippen LogP contribution in [0.3, 0.4) is 0 Å². The Hall–Kier alpha value is -3.46. The molecule has 146 valence electrons. The monoisotopic (exact) mass is 414 g/mol. The van der Waals surface area contributed by atoms with Gasteiger partial charge < -0.3 is 9.84 Å². The summed E-state index contributed by atoms with van der Waals surface area (Å²) in [5, 5.41) is 21.5. The highest BCUT2D eigenvalue weighted by Crippen LogP contribution is 2.66. The summed E-state index contributed by atoms with van der Waals surface area (Å²) in [6.45, 7) is 4.02. The van der Waals surface area contributed by atoms with E-state index in [1.807, 2.05) is 30.3 Å². The Morgan fingerprint density at radius 2 is 1.87 bits per heavy atom. The first-order valence-corrected chi connectivity index (χ1v) is 9.68. The Labute approximate surface area is 177 Å². The number of carbonyl (C=O) groups excluding carboxylic acids is 1. The van der Waals surface area contributed by atoms with Gasteiger partial charge in [0, 0.05) is 23.4 Å². The fraction of sp³-hybridized carbons (Fsp3) is 0.125. The summed E-state index contributed by atoms with van der Waals surface area (Å²) in [4.78, 5) is 17.8. The van der Waals surface area contributed by atoms with Crippen LogP contribution >= 0.6 is 11.6 Å². The van der Waals surface area contributed by atoms with Crippen molar-refractivity contribution in [3.8, 4) is 11.8 Å². The molecule has 2 heterocycles. The van der Waals surface area contributed by atoms with E-state index in [0.717, 1.165) is 5.56 Å². The zero-order valence-electron chi connectivity index (χ0n) is 15.7. The summed E-state index contributed by atoms with van der Waals surface area (Å²) >= 11 is 6.11. The second-order valence-corrected chi connectivity index (χ2v) is 7.87. The number of benzene rings is 2. The maximum absolute atomic E-state index is 13.5. The molecule has 1 fully saturated rings. The Morgan fingerprint density at radius 1 is 1.17 bits per heavy atom. The Bertz CT molecular complexity index is 1250. The van der Waals surface area contributed by atoms with E-state index in [1.54, 1.807) is 30.3 Å². The SMILES string of the molecule is C=C1C(=O)[C@@]2(O)c3ncc(Cl)cc3O[C@@]2(c2ccc(C#N)cc2)[C@@H]1c1ccccc1. The molecule has 0 amide bonds. The van der Waals surface area contributed by atoms with Gasteiger partial charge in [-0.15, -0.1) is 0 Å². The molecule has 1 aromatic heterocycles. The maximum atomic E-state index is 13.5. The molecule has 0 unspecified atom stereocenters. The van der Waals surface area contributed by atoms with E-state index in [1.165, 1.54) is 6.20 Å². The first-order valence-electron chi connectivity index (χ1n) is 9.30. The van der Waals surface area contributed by atoms with Crippen molar-refractivity contribution in [2.75, 3.05) is 0 Å². The van der Waals surface area contributed by atoms with Crippen LogP contribution in [0, 0.1) is 11.3 Å². The van der Waals surface area contributed by atoms with Gasteiger partial charge in [-0.3, -0.25) is 9.78 Å². The van der Waals surface area contributed by atoms with Gasteiger partial charge in [0.2, 0.25) is 11.4 Å². The summed E-state index contributed by atoms with van der Waals surface area (Å²) in [6.07, 6.45) is 1.38. The van der Waals surface area contributed by atoms with Crippen molar-refractivity contribution in [2.45, 2.75) is 17.1 Å². The van der Waals surface area contributed by atoms with Crippen LogP contribution in [0.4, 0.5) is 0 Å². The van der Waals surface area contributed by atoms with Gasteiger partial charge in [0.1, 0.15) is 11.4 Å². The molecule has 1 aliphatic heterocycles. The van der Waals surface area contributed by atoms with Gasteiger partial charge in [-0.1, -0.05) is 60.6 Å². The first-order chi connectivity index (χ1) is 14.4. The molecular weight excluding hydrogens is 400 g/mol. The van der Waals surface area contributed by atoms with E-state index in [9.17, 15) is 15.2 Å². The third-order valence-corrected chi connectivity index (χ3v) is 6.13. The van der Waals surface area contributed by atoms with E-state index in [4.69, 9.17) is 16.3 Å². The lowest BCUT2D eigenvalue weighted by Gasteiger charge is -2.38. The van der Waals surface area contributed by atoms with E-state index in [0.29, 0.717) is 16.1 Å². The molecule has 30 heavy (non-hydrogen) atoms. The minimum atomic E-state index is -2.08. The minimum absolute atomic E-state index is 0.112. The lowest BCUT2D eigenvalue weighted by molar-refractivity contribution is -0.150. The third-order valence-electron chi connectivity index (χ3n) is 5.92. The zero-order valence-corrected chi connectivity index (χ0v) is 16.4. The molecule has 0 saturated heterocycles. The molecule has 5 nitrogen and oxygen atoms in total. The summed E-state index contributed by atoms with van der Waals surface area (Å²) in [6, 6.07) is 19.6. The van der Waals surface area contributed by atoms with E-state index >= 15 is 0 Å². The highest BCUT2D eigenvalue weighted by molar-refractivity contribution is 6.30. The summed E-state index contributed by atoms with van der Waals surface area (Å²) in [5.74, 6) is -0.970. The number of Topliss-reactive ketones (excluding diaryl/α,β-unsaturated/α-hetero) is 1. The van der Waals surface area contributed by atoms with Crippen molar-refractivity contribution >= 4 is 17.4 Å². The molecule has 3 aromatic rings. The number of rotatable bonds is 2. The highest BCUT2D eigenvalue weighted by Gasteiger charge is 2.75. The van der Waals surface area contributed by atoms with Crippen LogP contribution in [-0.4, -0.2) is 15.9 Å². The smallest absolute Gasteiger partial charge is 0.218 e. The molecular formula is C24H15ClN2O3. The van der Waals surface area contributed by atoms with Crippen LogP contribution in [0.25, 0.3) is 0 Å². The van der Waals surface area contributed by atoms with Crippen molar-refractivity contribution in [3.63, 3.8) is 0 Å². The molecule has 0 bridgehead atoms. The van der Waals surface area contributed by atoms with E-state index in [-0.39, 0.29) is 17.0 Å². The number of aromatic nitrogens is 1. The van der Waals surface area contributed by atoms with Gasteiger partial charge in [0.25, 0.3) is 0 Å². The van der Waals surface area contributed by atoms with Crippen LogP contribution in [0.15, 0.2) is 79.0 Å².